The average Bonchev–Trinajstić information content (AvgIpc) is 2.56. The van der Waals surface area contributed by atoms with Crippen LogP contribution in [0.5, 0.6) is 0 Å². The van der Waals surface area contributed by atoms with Crippen LogP contribution in [0.15, 0.2) is 0 Å². The van der Waals surface area contributed by atoms with Crippen molar-refractivity contribution in [2.75, 3.05) is 13.2 Å². The van der Waals surface area contributed by atoms with Crippen LogP contribution in [-0.2, 0) is 9.53 Å². The van der Waals surface area contributed by atoms with Crippen LogP contribution in [0.25, 0.3) is 0 Å². The molecule has 18 heavy (non-hydrogen) atoms. The molecule has 2 fully saturated rings. The lowest BCUT2D eigenvalue weighted by Gasteiger charge is -2.30. The first-order valence-electron chi connectivity index (χ1n) is 7.18. The Bertz CT molecular complexity index is 308. The Morgan fingerprint density at radius 1 is 1.33 bits per heavy atom. The van der Waals surface area contributed by atoms with Gasteiger partial charge in [0.2, 0.25) is 5.91 Å². The molecule has 2 aliphatic rings. The molecule has 1 aliphatic carbocycles. The molecule has 4 heteroatoms. The van der Waals surface area contributed by atoms with Crippen molar-refractivity contribution >= 4 is 5.91 Å². The van der Waals surface area contributed by atoms with Crippen LogP contribution in [0.1, 0.15) is 46.0 Å². The third kappa shape index (κ3) is 2.69. The standard InChI is InChI=1S/C14H26N2O2/c1-10-6-4-3-5-7-11(10)16-13(17)14(2)9-18-8-12(14)15/h10-12H,3-9,15H2,1-2H3,(H,16,17). The first-order valence-corrected chi connectivity index (χ1v) is 7.18. The van der Waals surface area contributed by atoms with Gasteiger partial charge in [0.15, 0.2) is 0 Å². The largest absolute Gasteiger partial charge is 0.379 e. The van der Waals surface area contributed by atoms with Crippen LogP contribution in [-0.4, -0.2) is 31.2 Å². The molecule has 3 N–H and O–H groups in total. The van der Waals surface area contributed by atoms with Gasteiger partial charge in [0.1, 0.15) is 0 Å². The number of carbonyl (C=O) groups is 1. The summed E-state index contributed by atoms with van der Waals surface area (Å²) in [5.41, 5.74) is 5.45. The zero-order chi connectivity index (χ0) is 13.2. The fraction of sp³-hybridized carbons (Fsp3) is 0.929. The maximum absolute atomic E-state index is 12.4. The molecule has 4 nitrogen and oxygen atoms in total. The van der Waals surface area contributed by atoms with E-state index in [0.717, 1.165) is 6.42 Å². The summed E-state index contributed by atoms with van der Waals surface area (Å²) in [5, 5.41) is 3.22. The van der Waals surface area contributed by atoms with Gasteiger partial charge < -0.3 is 15.8 Å². The molecule has 1 saturated carbocycles. The number of carbonyl (C=O) groups excluding carboxylic acids is 1. The zero-order valence-electron chi connectivity index (χ0n) is 11.6. The van der Waals surface area contributed by atoms with Crippen LogP contribution in [0, 0.1) is 11.3 Å². The van der Waals surface area contributed by atoms with Gasteiger partial charge in [-0.2, -0.15) is 0 Å². The Morgan fingerprint density at radius 3 is 2.72 bits per heavy atom. The Morgan fingerprint density at radius 2 is 2.06 bits per heavy atom. The van der Waals surface area contributed by atoms with Crippen molar-refractivity contribution in [3.05, 3.63) is 0 Å². The molecule has 4 atom stereocenters. The number of amides is 1. The lowest BCUT2D eigenvalue weighted by Crippen LogP contribution is -2.53. The summed E-state index contributed by atoms with van der Waals surface area (Å²) >= 11 is 0. The smallest absolute Gasteiger partial charge is 0.230 e. The number of hydrogen-bond acceptors (Lipinski definition) is 3. The van der Waals surface area contributed by atoms with Crippen molar-refractivity contribution in [3.63, 3.8) is 0 Å². The van der Waals surface area contributed by atoms with E-state index < -0.39 is 5.41 Å². The van der Waals surface area contributed by atoms with Gasteiger partial charge in [-0.3, -0.25) is 4.79 Å². The number of hydrogen-bond donors (Lipinski definition) is 2. The molecule has 1 aliphatic heterocycles. The predicted octanol–water partition coefficient (Wildman–Crippen LogP) is 1.44. The van der Waals surface area contributed by atoms with Crippen LogP contribution in [0.3, 0.4) is 0 Å². The molecule has 104 valence electrons. The first-order chi connectivity index (χ1) is 8.54. The van der Waals surface area contributed by atoms with Crippen molar-refractivity contribution < 1.29 is 9.53 Å². The van der Waals surface area contributed by atoms with E-state index >= 15 is 0 Å². The van der Waals surface area contributed by atoms with Gasteiger partial charge in [-0.05, 0) is 25.7 Å². The molecule has 1 saturated heterocycles. The van der Waals surface area contributed by atoms with Gasteiger partial charge in [-0.15, -0.1) is 0 Å². The monoisotopic (exact) mass is 254 g/mol. The van der Waals surface area contributed by atoms with Crippen molar-refractivity contribution in [2.45, 2.75) is 58.0 Å². The van der Waals surface area contributed by atoms with Gasteiger partial charge in [-0.25, -0.2) is 0 Å². The molecular formula is C14H26N2O2. The molecule has 0 aromatic heterocycles. The maximum atomic E-state index is 12.4. The van der Waals surface area contributed by atoms with E-state index in [1.807, 2.05) is 6.92 Å². The lowest BCUT2D eigenvalue weighted by molar-refractivity contribution is -0.131. The normalized spacial score (nSPS) is 41.4. The van der Waals surface area contributed by atoms with Gasteiger partial charge >= 0.3 is 0 Å². The molecule has 0 spiro atoms. The fourth-order valence-electron chi connectivity index (χ4n) is 2.96. The summed E-state index contributed by atoms with van der Waals surface area (Å²) in [4.78, 5) is 12.4. The average molecular weight is 254 g/mol. The molecule has 0 radical (unpaired) electrons. The summed E-state index contributed by atoms with van der Waals surface area (Å²) in [5.74, 6) is 0.643. The number of nitrogens with one attached hydrogen (secondary N) is 1. The SMILES string of the molecule is CC1CCCCCC1NC(=O)C1(C)COCC1N. The highest BCUT2D eigenvalue weighted by molar-refractivity contribution is 5.83. The number of rotatable bonds is 2. The Hall–Kier alpha value is -0.610. The fourth-order valence-corrected chi connectivity index (χ4v) is 2.96. The summed E-state index contributed by atoms with van der Waals surface area (Å²) in [6.45, 7) is 5.09. The quantitative estimate of drug-likeness (QED) is 0.733. The summed E-state index contributed by atoms with van der Waals surface area (Å²) < 4.78 is 5.35. The summed E-state index contributed by atoms with van der Waals surface area (Å²) in [6, 6.07) is 0.128. The maximum Gasteiger partial charge on any atom is 0.230 e. The molecule has 2 rings (SSSR count). The van der Waals surface area contributed by atoms with E-state index in [1.54, 1.807) is 0 Å². The minimum Gasteiger partial charge on any atom is -0.379 e. The second-order valence-corrected chi connectivity index (χ2v) is 6.23. The van der Waals surface area contributed by atoms with E-state index in [-0.39, 0.29) is 11.9 Å². The Kier molecular flexibility index (Phi) is 4.28. The topological polar surface area (TPSA) is 64.3 Å². The van der Waals surface area contributed by atoms with E-state index in [0.29, 0.717) is 25.2 Å². The molecule has 0 aromatic carbocycles. The van der Waals surface area contributed by atoms with Gasteiger partial charge in [0.05, 0.1) is 18.6 Å². The van der Waals surface area contributed by atoms with E-state index in [1.165, 1.54) is 25.7 Å². The van der Waals surface area contributed by atoms with E-state index in [9.17, 15) is 4.79 Å². The molecule has 0 bridgehead atoms. The lowest BCUT2D eigenvalue weighted by atomic mass is 9.84. The zero-order valence-corrected chi connectivity index (χ0v) is 11.6. The van der Waals surface area contributed by atoms with Crippen molar-refractivity contribution in [2.24, 2.45) is 17.1 Å². The predicted molar refractivity (Wildman–Crippen MR) is 71.1 cm³/mol. The molecule has 1 heterocycles. The summed E-state index contributed by atoms with van der Waals surface area (Å²) in [7, 11) is 0. The van der Waals surface area contributed by atoms with Crippen molar-refractivity contribution in [3.8, 4) is 0 Å². The van der Waals surface area contributed by atoms with Crippen LogP contribution >= 0.6 is 0 Å². The third-order valence-corrected chi connectivity index (χ3v) is 4.71. The van der Waals surface area contributed by atoms with E-state index in [2.05, 4.69) is 12.2 Å². The van der Waals surface area contributed by atoms with Crippen LogP contribution in [0.4, 0.5) is 0 Å². The van der Waals surface area contributed by atoms with Crippen molar-refractivity contribution in [1.82, 2.24) is 5.32 Å². The second-order valence-electron chi connectivity index (χ2n) is 6.23. The van der Waals surface area contributed by atoms with Crippen LogP contribution in [0.2, 0.25) is 0 Å². The van der Waals surface area contributed by atoms with E-state index in [4.69, 9.17) is 10.5 Å². The Balaban J connectivity index is 1.97. The first kappa shape index (κ1) is 13.8. The highest BCUT2D eigenvalue weighted by atomic mass is 16.5. The molecular weight excluding hydrogens is 228 g/mol. The molecule has 0 aromatic rings. The van der Waals surface area contributed by atoms with Gasteiger partial charge in [-0.1, -0.05) is 26.2 Å². The van der Waals surface area contributed by atoms with Gasteiger partial charge in [0, 0.05) is 12.1 Å². The Labute approximate surface area is 110 Å². The van der Waals surface area contributed by atoms with Crippen LogP contribution < -0.4 is 11.1 Å². The minimum atomic E-state index is -0.550. The highest BCUT2D eigenvalue weighted by Gasteiger charge is 2.45. The number of ether oxygens (including phenoxy) is 1. The number of nitrogens with two attached hydrogens (primary N) is 1. The minimum absolute atomic E-state index is 0.0752. The molecule has 1 amide bonds. The third-order valence-electron chi connectivity index (χ3n) is 4.71. The summed E-state index contributed by atoms with van der Waals surface area (Å²) in [6.07, 6.45) is 6.10. The molecule has 4 unspecified atom stereocenters. The van der Waals surface area contributed by atoms with Gasteiger partial charge in [0.25, 0.3) is 0 Å². The second kappa shape index (κ2) is 5.57. The van der Waals surface area contributed by atoms with Crippen molar-refractivity contribution in [1.29, 1.82) is 0 Å². The highest BCUT2D eigenvalue weighted by Crippen LogP contribution is 2.29.